The molecule has 0 saturated carbocycles. The van der Waals surface area contributed by atoms with Crippen molar-refractivity contribution in [2.45, 2.75) is 0 Å². The van der Waals surface area contributed by atoms with Gasteiger partial charge in [0.05, 0.1) is 32.6 Å². The van der Waals surface area contributed by atoms with E-state index < -0.39 is 0 Å². The molecule has 26 heavy (non-hydrogen) atoms. The Hall–Kier alpha value is -1.83. The fourth-order valence-corrected chi connectivity index (χ4v) is 3.48. The number of rotatable bonds is 7. The van der Waals surface area contributed by atoms with E-state index in [0.29, 0.717) is 13.1 Å². The van der Waals surface area contributed by atoms with E-state index in [1.165, 1.54) is 0 Å². The number of ether oxygens (including phenoxy) is 2. The predicted octanol–water partition coefficient (Wildman–Crippen LogP) is 0.266. The van der Waals surface area contributed by atoms with E-state index >= 15 is 0 Å². The van der Waals surface area contributed by atoms with Crippen molar-refractivity contribution < 1.29 is 14.3 Å². The summed E-state index contributed by atoms with van der Waals surface area (Å²) in [6.07, 6.45) is 0. The normalized spacial score (nSPS) is 19.3. The molecule has 2 aliphatic heterocycles. The fraction of sp³-hybridized carbons (Fsp3) is 0.632. The molecule has 2 aliphatic rings. The second-order valence-electron chi connectivity index (χ2n) is 6.74. The van der Waals surface area contributed by atoms with Crippen LogP contribution in [0.2, 0.25) is 0 Å². The number of methoxy groups -OCH3 is 1. The van der Waals surface area contributed by atoms with Gasteiger partial charge in [-0.15, -0.1) is 0 Å². The molecule has 0 atom stereocenters. The van der Waals surface area contributed by atoms with Crippen molar-refractivity contribution in [3.63, 3.8) is 0 Å². The lowest BCUT2D eigenvalue weighted by Crippen LogP contribution is -2.50. The number of para-hydroxylation sites is 2. The largest absolute Gasteiger partial charge is 0.495 e. The average molecular weight is 362 g/mol. The van der Waals surface area contributed by atoms with Gasteiger partial charge < -0.3 is 19.7 Å². The molecule has 7 heteroatoms. The number of hydrogen-bond donors (Lipinski definition) is 1. The summed E-state index contributed by atoms with van der Waals surface area (Å²) >= 11 is 0. The molecule has 0 bridgehead atoms. The average Bonchev–Trinajstić information content (AvgIpc) is 2.69. The summed E-state index contributed by atoms with van der Waals surface area (Å²) in [5, 5.41) is 3.04. The van der Waals surface area contributed by atoms with Gasteiger partial charge in [-0.3, -0.25) is 14.6 Å². The number of nitrogens with zero attached hydrogens (tertiary/aromatic N) is 3. The van der Waals surface area contributed by atoms with Crippen LogP contribution in [0.3, 0.4) is 0 Å². The monoisotopic (exact) mass is 362 g/mol. The highest BCUT2D eigenvalue weighted by Crippen LogP contribution is 2.28. The molecular formula is C19H30N4O3. The Morgan fingerprint density at radius 3 is 2.54 bits per heavy atom. The van der Waals surface area contributed by atoms with Crippen LogP contribution in [0.15, 0.2) is 24.3 Å². The van der Waals surface area contributed by atoms with Crippen LogP contribution in [0.4, 0.5) is 5.69 Å². The summed E-state index contributed by atoms with van der Waals surface area (Å²) in [5.41, 5.74) is 1.13. The highest BCUT2D eigenvalue weighted by atomic mass is 16.5. The first-order valence-electron chi connectivity index (χ1n) is 9.43. The molecule has 0 unspecified atom stereocenters. The maximum absolute atomic E-state index is 12.2. The van der Waals surface area contributed by atoms with Crippen molar-refractivity contribution in [3.8, 4) is 5.75 Å². The van der Waals surface area contributed by atoms with E-state index in [1.807, 2.05) is 18.2 Å². The van der Waals surface area contributed by atoms with E-state index in [-0.39, 0.29) is 5.91 Å². The second-order valence-corrected chi connectivity index (χ2v) is 6.74. The van der Waals surface area contributed by atoms with Crippen molar-refractivity contribution in [1.82, 2.24) is 15.1 Å². The second kappa shape index (κ2) is 9.75. The van der Waals surface area contributed by atoms with Gasteiger partial charge in [0.15, 0.2) is 0 Å². The van der Waals surface area contributed by atoms with E-state index in [9.17, 15) is 4.79 Å². The molecule has 0 aromatic heterocycles. The van der Waals surface area contributed by atoms with Crippen LogP contribution in [-0.4, -0.2) is 94.9 Å². The molecule has 1 N–H and O–H groups in total. The van der Waals surface area contributed by atoms with Gasteiger partial charge in [0.1, 0.15) is 5.75 Å². The van der Waals surface area contributed by atoms with Crippen molar-refractivity contribution in [1.29, 1.82) is 0 Å². The van der Waals surface area contributed by atoms with Gasteiger partial charge in [-0.05, 0) is 12.1 Å². The minimum atomic E-state index is 0.115. The number of benzene rings is 1. The zero-order valence-electron chi connectivity index (χ0n) is 15.7. The molecular weight excluding hydrogens is 332 g/mol. The molecule has 2 heterocycles. The summed E-state index contributed by atoms with van der Waals surface area (Å²) in [7, 11) is 1.70. The molecule has 0 aliphatic carbocycles. The molecule has 0 radical (unpaired) electrons. The van der Waals surface area contributed by atoms with E-state index in [1.54, 1.807) is 7.11 Å². The molecule has 1 aromatic carbocycles. The Morgan fingerprint density at radius 2 is 1.81 bits per heavy atom. The standard InChI is InChI=1S/C19H30N4O3/c1-25-18-5-3-2-4-17(18)23-10-8-22(9-11-23)16-19(24)20-6-7-21-12-14-26-15-13-21/h2-5H,6-16H2,1H3,(H,20,24). The smallest absolute Gasteiger partial charge is 0.234 e. The third-order valence-electron chi connectivity index (χ3n) is 5.02. The molecule has 2 fully saturated rings. The lowest BCUT2D eigenvalue weighted by molar-refractivity contribution is -0.122. The number of amides is 1. The van der Waals surface area contributed by atoms with Crippen molar-refractivity contribution in [2.24, 2.45) is 0 Å². The number of anilines is 1. The third-order valence-corrected chi connectivity index (χ3v) is 5.02. The summed E-state index contributed by atoms with van der Waals surface area (Å²) in [5.74, 6) is 1.02. The van der Waals surface area contributed by atoms with E-state index in [4.69, 9.17) is 9.47 Å². The Labute approximate surface area is 155 Å². The SMILES string of the molecule is COc1ccccc1N1CCN(CC(=O)NCCN2CCOCC2)CC1. The van der Waals surface area contributed by atoms with Crippen LogP contribution in [0.25, 0.3) is 0 Å². The van der Waals surface area contributed by atoms with Crippen LogP contribution in [-0.2, 0) is 9.53 Å². The maximum atomic E-state index is 12.2. The van der Waals surface area contributed by atoms with Gasteiger partial charge in [0.25, 0.3) is 0 Å². The quantitative estimate of drug-likeness (QED) is 0.751. The van der Waals surface area contributed by atoms with Gasteiger partial charge in [-0.2, -0.15) is 0 Å². The Bertz CT molecular complexity index is 570. The minimum Gasteiger partial charge on any atom is -0.495 e. The Balaban J connectivity index is 1.36. The van der Waals surface area contributed by atoms with E-state index in [0.717, 1.165) is 70.5 Å². The van der Waals surface area contributed by atoms with Gasteiger partial charge in [-0.25, -0.2) is 0 Å². The summed E-state index contributed by atoms with van der Waals surface area (Å²) in [4.78, 5) is 19.0. The number of carbonyl (C=O) groups is 1. The van der Waals surface area contributed by atoms with Gasteiger partial charge in [0, 0.05) is 52.4 Å². The molecule has 0 spiro atoms. The van der Waals surface area contributed by atoms with Gasteiger partial charge in [0.2, 0.25) is 5.91 Å². The summed E-state index contributed by atoms with van der Waals surface area (Å²) in [6, 6.07) is 8.10. The molecule has 144 valence electrons. The number of piperazine rings is 1. The zero-order chi connectivity index (χ0) is 18.2. The predicted molar refractivity (Wildman–Crippen MR) is 102 cm³/mol. The van der Waals surface area contributed by atoms with E-state index in [2.05, 4.69) is 26.1 Å². The summed E-state index contributed by atoms with van der Waals surface area (Å²) < 4.78 is 10.8. The minimum absolute atomic E-state index is 0.115. The topological polar surface area (TPSA) is 57.3 Å². The molecule has 3 rings (SSSR count). The highest BCUT2D eigenvalue weighted by molar-refractivity contribution is 5.78. The van der Waals surface area contributed by atoms with Crippen molar-refractivity contribution in [2.75, 3.05) is 84.1 Å². The van der Waals surface area contributed by atoms with Crippen LogP contribution in [0.1, 0.15) is 0 Å². The van der Waals surface area contributed by atoms with Gasteiger partial charge >= 0.3 is 0 Å². The molecule has 7 nitrogen and oxygen atoms in total. The number of hydrogen-bond acceptors (Lipinski definition) is 6. The zero-order valence-corrected chi connectivity index (χ0v) is 15.7. The van der Waals surface area contributed by atoms with Crippen LogP contribution in [0, 0.1) is 0 Å². The van der Waals surface area contributed by atoms with Crippen LogP contribution < -0.4 is 15.0 Å². The first kappa shape index (κ1) is 18.9. The summed E-state index contributed by atoms with van der Waals surface area (Å²) in [6.45, 7) is 9.17. The number of nitrogens with one attached hydrogen (secondary N) is 1. The van der Waals surface area contributed by atoms with Crippen LogP contribution >= 0.6 is 0 Å². The fourth-order valence-electron chi connectivity index (χ4n) is 3.48. The lowest BCUT2D eigenvalue weighted by Gasteiger charge is -2.36. The lowest BCUT2D eigenvalue weighted by atomic mass is 10.2. The molecule has 1 aromatic rings. The first-order chi connectivity index (χ1) is 12.8. The van der Waals surface area contributed by atoms with Crippen molar-refractivity contribution >= 4 is 11.6 Å². The number of morpholine rings is 1. The maximum Gasteiger partial charge on any atom is 0.234 e. The Kier molecular flexibility index (Phi) is 7.11. The first-order valence-corrected chi connectivity index (χ1v) is 9.43. The van der Waals surface area contributed by atoms with Gasteiger partial charge in [-0.1, -0.05) is 12.1 Å². The third kappa shape index (κ3) is 5.33. The highest BCUT2D eigenvalue weighted by Gasteiger charge is 2.21. The van der Waals surface area contributed by atoms with Crippen LogP contribution in [0.5, 0.6) is 5.75 Å². The van der Waals surface area contributed by atoms with Crippen molar-refractivity contribution in [3.05, 3.63) is 24.3 Å². The number of carbonyl (C=O) groups excluding carboxylic acids is 1. The Morgan fingerprint density at radius 1 is 1.08 bits per heavy atom. The molecule has 2 saturated heterocycles. The molecule has 1 amide bonds.